The highest BCUT2D eigenvalue weighted by atomic mass is 35.5. The van der Waals surface area contributed by atoms with E-state index in [1.54, 1.807) is 0 Å². The maximum atomic E-state index is 12.2. The molecule has 0 spiro atoms. The second-order valence-electron chi connectivity index (χ2n) is 5.38. The maximum absolute atomic E-state index is 12.2. The lowest BCUT2D eigenvalue weighted by molar-refractivity contribution is -0.133. The molecule has 0 atom stereocenters. The van der Waals surface area contributed by atoms with Gasteiger partial charge in [-0.3, -0.25) is 4.79 Å². The molecule has 1 aliphatic carbocycles. The Kier molecular flexibility index (Phi) is 8.49. The van der Waals surface area contributed by atoms with Gasteiger partial charge >= 0.3 is 0 Å². The van der Waals surface area contributed by atoms with Crippen molar-refractivity contribution in [3.05, 3.63) is 0 Å². The normalized spacial score (nSPS) is 16.1. The molecule has 0 N–H and O–H groups in total. The highest BCUT2D eigenvalue weighted by Crippen LogP contribution is 2.24. The summed E-state index contributed by atoms with van der Waals surface area (Å²) in [5, 5.41) is 0. The molecule has 18 heavy (non-hydrogen) atoms. The predicted molar refractivity (Wildman–Crippen MR) is 78.1 cm³/mol. The molecule has 0 aromatic heterocycles. The quantitative estimate of drug-likeness (QED) is 0.452. The Morgan fingerprint density at radius 2 is 1.83 bits per heavy atom. The number of hydrogen-bond donors (Lipinski definition) is 0. The lowest BCUT2D eigenvalue weighted by Gasteiger charge is -2.28. The van der Waals surface area contributed by atoms with Gasteiger partial charge in [0.2, 0.25) is 5.91 Å². The van der Waals surface area contributed by atoms with Crippen molar-refractivity contribution in [2.45, 2.75) is 77.2 Å². The lowest BCUT2D eigenvalue weighted by Crippen LogP contribution is -2.40. The first-order valence-electron chi connectivity index (χ1n) is 7.65. The maximum Gasteiger partial charge on any atom is 0.222 e. The van der Waals surface area contributed by atoms with Crippen molar-refractivity contribution in [3.8, 4) is 0 Å². The van der Waals surface area contributed by atoms with E-state index >= 15 is 0 Å². The van der Waals surface area contributed by atoms with E-state index in [1.807, 2.05) is 0 Å². The molecule has 1 fully saturated rings. The van der Waals surface area contributed by atoms with Gasteiger partial charge in [0.25, 0.3) is 0 Å². The van der Waals surface area contributed by atoms with Crippen molar-refractivity contribution in [1.82, 2.24) is 4.90 Å². The summed E-state index contributed by atoms with van der Waals surface area (Å²) in [6, 6.07) is 0.479. The zero-order valence-electron chi connectivity index (χ0n) is 11.8. The Labute approximate surface area is 117 Å². The molecule has 0 radical (unpaired) electrons. The van der Waals surface area contributed by atoms with Gasteiger partial charge in [-0.25, -0.2) is 0 Å². The van der Waals surface area contributed by atoms with Gasteiger partial charge in [-0.1, -0.05) is 45.4 Å². The number of halogens is 1. The standard InChI is InChI=1S/C15H28ClNO/c1-2-3-4-5-6-11-15(18)17(13-12-16)14-9-7-8-10-14/h14H,2-13H2,1H3. The highest BCUT2D eigenvalue weighted by molar-refractivity contribution is 6.18. The van der Waals surface area contributed by atoms with E-state index in [9.17, 15) is 4.79 Å². The van der Waals surface area contributed by atoms with Crippen molar-refractivity contribution in [3.63, 3.8) is 0 Å². The van der Waals surface area contributed by atoms with Crippen molar-refractivity contribution < 1.29 is 4.79 Å². The third kappa shape index (κ3) is 5.60. The molecular weight excluding hydrogens is 246 g/mol. The largest absolute Gasteiger partial charge is 0.339 e. The van der Waals surface area contributed by atoms with Crippen LogP contribution in [0.25, 0.3) is 0 Å². The number of nitrogens with zero attached hydrogens (tertiary/aromatic N) is 1. The van der Waals surface area contributed by atoms with Crippen LogP contribution in [0.1, 0.15) is 71.1 Å². The van der Waals surface area contributed by atoms with Crippen LogP contribution in [0.3, 0.4) is 0 Å². The molecule has 106 valence electrons. The van der Waals surface area contributed by atoms with Gasteiger partial charge in [0.1, 0.15) is 0 Å². The molecule has 1 rings (SSSR count). The monoisotopic (exact) mass is 273 g/mol. The van der Waals surface area contributed by atoms with Gasteiger partial charge in [-0.2, -0.15) is 0 Å². The summed E-state index contributed by atoms with van der Waals surface area (Å²) in [4.78, 5) is 14.3. The molecule has 1 aliphatic rings. The van der Waals surface area contributed by atoms with Gasteiger partial charge in [-0.15, -0.1) is 11.6 Å². The smallest absolute Gasteiger partial charge is 0.222 e. The van der Waals surface area contributed by atoms with Gasteiger partial charge in [0.15, 0.2) is 0 Å². The van der Waals surface area contributed by atoms with Crippen LogP contribution in [0, 0.1) is 0 Å². The number of hydrogen-bond acceptors (Lipinski definition) is 1. The minimum absolute atomic E-state index is 0.332. The SMILES string of the molecule is CCCCCCCC(=O)N(CCCl)C1CCCC1. The number of rotatable bonds is 9. The Morgan fingerprint density at radius 1 is 1.17 bits per heavy atom. The van der Waals surface area contributed by atoms with Crippen LogP contribution in [0.2, 0.25) is 0 Å². The third-order valence-electron chi connectivity index (χ3n) is 3.91. The van der Waals surface area contributed by atoms with Crippen molar-refractivity contribution in [2.75, 3.05) is 12.4 Å². The number of amides is 1. The number of alkyl halides is 1. The predicted octanol–water partition coefficient (Wildman–Crippen LogP) is 4.36. The van der Waals surface area contributed by atoms with Gasteiger partial charge in [0, 0.05) is 24.9 Å². The molecule has 0 unspecified atom stereocenters. The molecule has 0 aromatic carbocycles. The van der Waals surface area contributed by atoms with Crippen LogP contribution in [-0.4, -0.2) is 29.3 Å². The molecular formula is C15H28ClNO. The fraction of sp³-hybridized carbons (Fsp3) is 0.933. The summed E-state index contributed by atoms with van der Waals surface area (Å²) in [5.41, 5.74) is 0. The van der Waals surface area contributed by atoms with Crippen molar-refractivity contribution in [1.29, 1.82) is 0 Å². The Morgan fingerprint density at radius 3 is 2.44 bits per heavy atom. The summed E-state index contributed by atoms with van der Waals surface area (Å²) < 4.78 is 0. The van der Waals surface area contributed by atoms with E-state index in [1.165, 1.54) is 51.4 Å². The van der Waals surface area contributed by atoms with E-state index in [0.717, 1.165) is 19.4 Å². The second kappa shape index (κ2) is 9.66. The van der Waals surface area contributed by atoms with Crippen LogP contribution >= 0.6 is 11.6 Å². The van der Waals surface area contributed by atoms with Crippen LogP contribution in [-0.2, 0) is 4.79 Å². The highest BCUT2D eigenvalue weighted by Gasteiger charge is 2.25. The molecule has 0 saturated heterocycles. The molecule has 0 heterocycles. The Balaban J connectivity index is 2.25. The summed E-state index contributed by atoms with van der Waals surface area (Å²) in [6.45, 7) is 2.95. The molecule has 1 saturated carbocycles. The Bertz CT molecular complexity index is 227. The fourth-order valence-electron chi connectivity index (χ4n) is 2.84. The first-order chi connectivity index (χ1) is 8.79. The van der Waals surface area contributed by atoms with Gasteiger partial charge < -0.3 is 4.90 Å². The van der Waals surface area contributed by atoms with Crippen LogP contribution in [0.15, 0.2) is 0 Å². The molecule has 0 bridgehead atoms. The lowest BCUT2D eigenvalue weighted by atomic mass is 10.1. The summed E-state index contributed by atoms with van der Waals surface area (Å²) in [5.74, 6) is 0.900. The van der Waals surface area contributed by atoms with Crippen LogP contribution in [0.4, 0.5) is 0 Å². The zero-order valence-corrected chi connectivity index (χ0v) is 12.6. The average molecular weight is 274 g/mol. The molecule has 2 nitrogen and oxygen atoms in total. The van der Waals surface area contributed by atoms with E-state index < -0.39 is 0 Å². The second-order valence-corrected chi connectivity index (χ2v) is 5.76. The van der Waals surface area contributed by atoms with E-state index in [2.05, 4.69) is 11.8 Å². The summed E-state index contributed by atoms with van der Waals surface area (Å²) in [7, 11) is 0. The first kappa shape index (κ1) is 15.8. The molecule has 0 aromatic rings. The first-order valence-corrected chi connectivity index (χ1v) is 8.18. The van der Waals surface area contributed by atoms with Crippen LogP contribution in [0.5, 0.6) is 0 Å². The van der Waals surface area contributed by atoms with Crippen molar-refractivity contribution >= 4 is 17.5 Å². The van der Waals surface area contributed by atoms with E-state index in [4.69, 9.17) is 11.6 Å². The molecule has 3 heteroatoms. The number of carbonyl (C=O) groups is 1. The summed E-state index contributed by atoms with van der Waals surface area (Å²) in [6.07, 6.45) is 11.7. The van der Waals surface area contributed by atoms with Gasteiger partial charge in [0.05, 0.1) is 0 Å². The summed E-state index contributed by atoms with van der Waals surface area (Å²) >= 11 is 5.83. The van der Waals surface area contributed by atoms with Crippen LogP contribution < -0.4 is 0 Å². The van der Waals surface area contributed by atoms with Crippen molar-refractivity contribution in [2.24, 2.45) is 0 Å². The minimum atomic E-state index is 0.332. The van der Waals surface area contributed by atoms with Gasteiger partial charge in [-0.05, 0) is 19.3 Å². The number of unbranched alkanes of at least 4 members (excludes halogenated alkanes) is 4. The number of carbonyl (C=O) groups excluding carboxylic acids is 1. The molecule has 1 amide bonds. The minimum Gasteiger partial charge on any atom is -0.339 e. The van der Waals surface area contributed by atoms with E-state index in [-0.39, 0.29) is 0 Å². The fourth-order valence-corrected chi connectivity index (χ4v) is 3.02. The zero-order chi connectivity index (χ0) is 13.2. The Hall–Kier alpha value is -0.240. The topological polar surface area (TPSA) is 20.3 Å². The van der Waals surface area contributed by atoms with E-state index in [0.29, 0.717) is 17.8 Å². The molecule has 0 aliphatic heterocycles. The third-order valence-corrected chi connectivity index (χ3v) is 4.07. The average Bonchev–Trinajstić information content (AvgIpc) is 2.89.